The molecule has 0 spiro atoms. The predicted molar refractivity (Wildman–Crippen MR) is 58.0 cm³/mol. The first kappa shape index (κ1) is 11.0. The molecule has 1 heterocycles. The van der Waals surface area contributed by atoms with Crippen LogP contribution in [0.5, 0.6) is 0 Å². The molecule has 0 amide bonds. The van der Waals surface area contributed by atoms with Crippen molar-refractivity contribution in [2.75, 3.05) is 19.6 Å². The molecule has 13 heavy (non-hydrogen) atoms. The molecule has 0 aromatic rings. The van der Waals surface area contributed by atoms with E-state index in [1.54, 1.807) is 0 Å². The van der Waals surface area contributed by atoms with Crippen molar-refractivity contribution >= 4 is 0 Å². The average molecular weight is 184 g/mol. The van der Waals surface area contributed by atoms with Crippen LogP contribution in [-0.4, -0.2) is 36.6 Å². The minimum Gasteiger partial charge on any atom is -0.314 e. The van der Waals surface area contributed by atoms with E-state index in [0.717, 1.165) is 19.0 Å². The van der Waals surface area contributed by atoms with Gasteiger partial charge in [-0.15, -0.1) is 0 Å². The Hall–Kier alpha value is -0.0800. The van der Waals surface area contributed by atoms with Gasteiger partial charge in [0.05, 0.1) is 0 Å². The Kier molecular flexibility index (Phi) is 4.20. The SMILES string of the molecule is CCC(C)CN1C(C)CNC[C@H]1C. The molecule has 2 nitrogen and oxygen atoms in total. The molecule has 3 atom stereocenters. The molecule has 0 radical (unpaired) electrons. The normalized spacial score (nSPS) is 33.2. The van der Waals surface area contributed by atoms with Gasteiger partial charge in [0.25, 0.3) is 0 Å². The second-order valence-electron chi connectivity index (χ2n) is 4.57. The Bertz CT molecular complexity index is 137. The summed E-state index contributed by atoms with van der Waals surface area (Å²) in [5.41, 5.74) is 0. The van der Waals surface area contributed by atoms with Gasteiger partial charge in [-0.1, -0.05) is 20.3 Å². The summed E-state index contributed by atoms with van der Waals surface area (Å²) in [7, 11) is 0. The van der Waals surface area contributed by atoms with E-state index >= 15 is 0 Å². The van der Waals surface area contributed by atoms with Crippen LogP contribution in [0.4, 0.5) is 0 Å². The molecule has 1 rings (SSSR count). The molecule has 1 N–H and O–H groups in total. The first-order valence-corrected chi connectivity index (χ1v) is 5.61. The third kappa shape index (κ3) is 2.96. The second-order valence-corrected chi connectivity index (χ2v) is 4.57. The van der Waals surface area contributed by atoms with E-state index in [-0.39, 0.29) is 0 Å². The van der Waals surface area contributed by atoms with Crippen molar-refractivity contribution in [1.29, 1.82) is 0 Å². The van der Waals surface area contributed by atoms with Crippen LogP contribution in [0.2, 0.25) is 0 Å². The average Bonchev–Trinajstić information content (AvgIpc) is 2.11. The number of hydrogen-bond acceptors (Lipinski definition) is 2. The van der Waals surface area contributed by atoms with Gasteiger partial charge in [-0.3, -0.25) is 4.90 Å². The summed E-state index contributed by atoms with van der Waals surface area (Å²) in [5, 5.41) is 3.46. The first-order chi connectivity index (χ1) is 6.15. The highest BCUT2D eigenvalue weighted by molar-refractivity contribution is 4.83. The van der Waals surface area contributed by atoms with Gasteiger partial charge in [0.2, 0.25) is 0 Å². The van der Waals surface area contributed by atoms with Crippen LogP contribution >= 0.6 is 0 Å². The molecule has 78 valence electrons. The van der Waals surface area contributed by atoms with Crippen LogP contribution < -0.4 is 5.32 Å². The first-order valence-electron chi connectivity index (χ1n) is 5.61. The van der Waals surface area contributed by atoms with Crippen molar-refractivity contribution in [1.82, 2.24) is 10.2 Å². The van der Waals surface area contributed by atoms with Crippen LogP contribution in [0.15, 0.2) is 0 Å². The third-order valence-electron chi connectivity index (χ3n) is 3.23. The molecule has 0 aromatic heterocycles. The summed E-state index contributed by atoms with van der Waals surface area (Å²) in [6, 6.07) is 1.41. The molecule has 1 aliphatic rings. The zero-order chi connectivity index (χ0) is 9.84. The van der Waals surface area contributed by atoms with Crippen LogP contribution in [-0.2, 0) is 0 Å². The van der Waals surface area contributed by atoms with Gasteiger partial charge in [0.1, 0.15) is 0 Å². The summed E-state index contributed by atoms with van der Waals surface area (Å²) in [6.45, 7) is 12.8. The van der Waals surface area contributed by atoms with Crippen molar-refractivity contribution < 1.29 is 0 Å². The lowest BCUT2D eigenvalue weighted by Crippen LogP contribution is -2.55. The lowest BCUT2D eigenvalue weighted by molar-refractivity contribution is 0.0985. The lowest BCUT2D eigenvalue weighted by atomic mass is 10.0. The second kappa shape index (κ2) is 4.97. The molecule has 2 unspecified atom stereocenters. The van der Waals surface area contributed by atoms with Crippen molar-refractivity contribution in [3.05, 3.63) is 0 Å². The molecular weight excluding hydrogens is 160 g/mol. The quantitative estimate of drug-likeness (QED) is 0.718. The molecule has 0 saturated carbocycles. The van der Waals surface area contributed by atoms with Crippen LogP contribution in [0.1, 0.15) is 34.1 Å². The molecule has 1 saturated heterocycles. The van der Waals surface area contributed by atoms with Crippen LogP contribution in [0, 0.1) is 5.92 Å². The number of piperazine rings is 1. The summed E-state index contributed by atoms with van der Waals surface area (Å²) in [4.78, 5) is 2.64. The van der Waals surface area contributed by atoms with Gasteiger partial charge < -0.3 is 5.32 Å². The summed E-state index contributed by atoms with van der Waals surface area (Å²) in [5.74, 6) is 0.836. The van der Waals surface area contributed by atoms with Crippen LogP contribution in [0.25, 0.3) is 0 Å². The number of nitrogens with zero attached hydrogens (tertiary/aromatic N) is 1. The van der Waals surface area contributed by atoms with Crippen molar-refractivity contribution in [3.8, 4) is 0 Å². The fraction of sp³-hybridized carbons (Fsp3) is 1.00. The third-order valence-corrected chi connectivity index (χ3v) is 3.23. The van der Waals surface area contributed by atoms with Crippen molar-refractivity contribution in [2.24, 2.45) is 5.92 Å². The van der Waals surface area contributed by atoms with E-state index in [9.17, 15) is 0 Å². The molecule has 0 aromatic carbocycles. The van der Waals surface area contributed by atoms with Gasteiger partial charge >= 0.3 is 0 Å². The molecular formula is C11H24N2. The van der Waals surface area contributed by atoms with E-state index in [2.05, 4.69) is 37.9 Å². The Morgan fingerprint density at radius 2 is 1.85 bits per heavy atom. The van der Waals surface area contributed by atoms with Crippen molar-refractivity contribution in [2.45, 2.75) is 46.2 Å². The highest BCUT2D eigenvalue weighted by Crippen LogP contribution is 2.13. The highest BCUT2D eigenvalue weighted by atomic mass is 15.2. The van der Waals surface area contributed by atoms with Gasteiger partial charge in [-0.05, 0) is 19.8 Å². The Morgan fingerprint density at radius 1 is 1.31 bits per heavy atom. The largest absolute Gasteiger partial charge is 0.314 e. The molecule has 0 aliphatic carbocycles. The van der Waals surface area contributed by atoms with E-state index < -0.39 is 0 Å². The maximum Gasteiger partial charge on any atom is 0.0195 e. The number of hydrogen-bond donors (Lipinski definition) is 1. The van der Waals surface area contributed by atoms with Gasteiger partial charge in [0, 0.05) is 31.7 Å². The van der Waals surface area contributed by atoms with E-state index in [0.29, 0.717) is 12.1 Å². The zero-order valence-corrected chi connectivity index (χ0v) is 9.51. The minimum absolute atomic E-state index is 0.706. The summed E-state index contributed by atoms with van der Waals surface area (Å²) >= 11 is 0. The van der Waals surface area contributed by atoms with Gasteiger partial charge in [-0.2, -0.15) is 0 Å². The Balaban J connectivity index is 2.43. The summed E-state index contributed by atoms with van der Waals surface area (Å²) in [6.07, 6.45) is 1.30. The fourth-order valence-corrected chi connectivity index (χ4v) is 2.02. The van der Waals surface area contributed by atoms with E-state index in [1.807, 2.05) is 0 Å². The number of nitrogens with one attached hydrogen (secondary N) is 1. The van der Waals surface area contributed by atoms with E-state index in [4.69, 9.17) is 0 Å². The smallest absolute Gasteiger partial charge is 0.0195 e. The molecule has 1 aliphatic heterocycles. The topological polar surface area (TPSA) is 15.3 Å². The maximum atomic E-state index is 3.46. The fourth-order valence-electron chi connectivity index (χ4n) is 2.02. The van der Waals surface area contributed by atoms with Gasteiger partial charge in [0.15, 0.2) is 0 Å². The van der Waals surface area contributed by atoms with Gasteiger partial charge in [-0.25, -0.2) is 0 Å². The maximum absolute atomic E-state index is 3.46. The van der Waals surface area contributed by atoms with E-state index in [1.165, 1.54) is 13.0 Å². The minimum atomic E-state index is 0.706. The predicted octanol–water partition coefficient (Wildman–Crippen LogP) is 1.71. The Morgan fingerprint density at radius 3 is 2.31 bits per heavy atom. The monoisotopic (exact) mass is 184 g/mol. The molecule has 2 heteroatoms. The zero-order valence-electron chi connectivity index (χ0n) is 9.51. The standard InChI is InChI=1S/C11H24N2/c1-5-9(2)8-13-10(3)6-12-7-11(13)4/h9-12H,5-8H2,1-4H3/t9?,10-,11?/m1/s1. The number of rotatable bonds is 3. The van der Waals surface area contributed by atoms with Crippen LogP contribution in [0.3, 0.4) is 0 Å². The highest BCUT2D eigenvalue weighted by Gasteiger charge is 2.24. The lowest BCUT2D eigenvalue weighted by Gasteiger charge is -2.40. The molecule has 0 bridgehead atoms. The Labute approximate surface area is 82.7 Å². The summed E-state index contributed by atoms with van der Waals surface area (Å²) < 4.78 is 0. The van der Waals surface area contributed by atoms with Crippen molar-refractivity contribution in [3.63, 3.8) is 0 Å². The molecule has 1 fully saturated rings.